The van der Waals surface area contributed by atoms with Gasteiger partial charge in [-0.25, -0.2) is 0 Å². The van der Waals surface area contributed by atoms with Crippen molar-refractivity contribution in [3.05, 3.63) is 39.5 Å². The zero-order valence-corrected chi connectivity index (χ0v) is 12.7. The van der Waals surface area contributed by atoms with E-state index in [2.05, 4.69) is 10.4 Å². The van der Waals surface area contributed by atoms with Crippen LogP contribution in [0.1, 0.15) is 11.3 Å². The number of hydrogen-bond donors (Lipinski definition) is 2. The van der Waals surface area contributed by atoms with Gasteiger partial charge in [0.05, 0.1) is 11.3 Å². The van der Waals surface area contributed by atoms with Crippen LogP contribution in [0.2, 0.25) is 10.0 Å². The van der Waals surface area contributed by atoms with Gasteiger partial charge >= 0.3 is 0 Å². The maximum Gasteiger partial charge on any atom is 0.138 e. The molecule has 2 aromatic rings. The minimum Gasteiger partial charge on any atom is -0.389 e. The highest BCUT2D eigenvalue weighted by Crippen LogP contribution is 2.27. The molecule has 19 heavy (non-hydrogen) atoms. The van der Waals surface area contributed by atoms with Crippen molar-refractivity contribution in [2.24, 2.45) is 12.8 Å². The van der Waals surface area contributed by atoms with Gasteiger partial charge in [0.2, 0.25) is 0 Å². The minimum absolute atomic E-state index is 0.293. The highest BCUT2D eigenvalue weighted by Gasteiger charge is 2.15. The van der Waals surface area contributed by atoms with Gasteiger partial charge in [-0.05, 0) is 25.1 Å². The number of rotatable bonds is 3. The number of benzene rings is 1. The molecule has 1 aromatic carbocycles. The Morgan fingerprint density at radius 1 is 1.32 bits per heavy atom. The molecule has 100 valence electrons. The van der Waals surface area contributed by atoms with Crippen molar-refractivity contribution >= 4 is 51.9 Å². The number of nitrogens with two attached hydrogens (primary N) is 1. The van der Waals surface area contributed by atoms with Gasteiger partial charge in [-0.2, -0.15) is 5.10 Å². The van der Waals surface area contributed by atoms with E-state index < -0.39 is 0 Å². The second-order valence-corrected chi connectivity index (χ2v) is 5.39. The number of aromatic nitrogens is 2. The first-order valence-corrected chi connectivity index (χ1v) is 6.61. The van der Waals surface area contributed by atoms with Gasteiger partial charge in [-0.15, -0.1) is 0 Å². The van der Waals surface area contributed by atoms with E-state index in [0.29, 0.717) is 26.4 Å². The zero-order chi connectivity index (χ0) is 14.2. The molecule has 0 aliphatic rings. The molecular formula is C12H12Cl2N4S. The Balaban J connectivity index is 2.46. The Morgan fingerprint density at radius 3 is 2.42 bits per heavy atom. The summed E-state index contributed by atoms with van der Waals surface area (Å²) in [7, 11) is 1.81. The molecule has 0 spiro atoms. The number of thiocarbonyl (C=S) groups is 1. The van der Waals surface area contributed by atoms with Gasteiger partial charge in [0.15, 0.2) is 0 Å². The van der Waals surface area contributed by atoms with Crippen molar-refractivity contribution in [3.8, 4) is 0 Å². The van der Waals surface area contributed by atoms with E-state index in [0.717, 1.165) is 11.4 Å². The third-order valence-corrected chi connectivity index (χ3v) is 3.23. The van der Waals surface area contributed by atoms with Crippen LogP contribution in [0.4, 0.5) is 11.5 Å². The topological polar surface area (TPSA) is 55.9 Å². The monoisotopic (exact) mass is 314 g/mol. The van der Waals surface area contributed by atoms with Gasteiger partial charge in [-0.3, -0.25) is 4.68 Å². The third kappa shape index (κ3) is 3.00. The molecule has 0 saturated carbocycles. The van der Waals surface area contributed by atoms with Crippen LogP contribution in [0, 0.1) is 6.92 Å². The fraction of sp³-hybridized carbons (Fsp3) is 0.167. The van der Waals surface area contributed by atoms with Crippen LogP contribution in [0.3, 0.4) is 0 Å². The molecule has 0 unspecified atom stereocenters. The number of halogens is 2. The molecule has 3 N–H and O–H groups in total. The fourth-order valence-corrected chi connectivity index (χ4v) is 2.63. The van der Waals surface area contributed by atoms with Crippen LogP contribution in [0.5, 0.6) is 0 Å². The summed E-state index contributed by atoms with van der Waals surface area (Å²) in [6, 6.07) is 5.19. The summed E-state index contributed by atoms with van der Waals surface area (Å²) >= 11 is 17.0. The predicted octanol–water partition coefficient (Wildman–Crippen LogP) is 3.41. The van der Waals surface area contributed by atoms with E-state index in [4.69, 9.17) is 41.2 Å². The molecule has 0 aliphatic heterocycles. The van der Waals surface area contributed by atoms with E-state index in [9.17, 15) is 0 Å². The Kier molecular flexibility index (Phi) is 3.99. The summed E-state index contributed by atoms with van der Waals surface area (Å²) in [6.45, 7) is 1.85. The summed E-state index contributed by atoms with van der Waals surface area (Å²) in [5.41, 5.74) is 7.96. The third-order valence-electron chi connectivity index (χ3n) is 2.59. The Morgan fingerprint density at radius 2 is 1.89 bits per heavy atom. The molecule has 0 amide bonds. The molecular weight excluding hydrogens is 303 g/mol. The summed E-state index contributed by atoms with van der Waals surface area (Å²) in [5.74, 6) is 0.711. The predicted molar refractivity (Wildman–Crippen MR) is 83.6 cm³/mol. The maximum absolute atomic E-state index is 5.97. The quantitative estimate of drug-likeness (QED) is 0.852. The second kappa shape index (κ2) is 5.36. The van der Waals surface area contributed by atoms with Crippen LogP contribution < -0.4 is 11.1 Å². The summed E-state index contributed by atoms with van der Waals surface area (Å²) in [6.07, 6.45) is 0. The Bertz CT molecular complexity index is 631. The highest BCUT2D eigenvalue weighted by atomic mass is 35.5. The minimum atomic E-state index is 0.293. The molecule has 0 saturated heterocycles. The van der Waals surface area contributed by atoms with Crippen molar-refractivity contribution < 1.29 is 0 Å². The molecule has 0 aliphatic carbocycles. The number of nitrogens with zero attached hydrogens (tertiary/aromatic N) is 2. The van der Waals surface area contributed by atoms with E-state index in [1.807, 2.05) is 14.0 Å². The normalized spacial score (nSPS) is 10.5. The zero-order valence-electron chi connectivity index (χ0n) is 10.4. The van der Waals surface area contributed by atoms with Crippen LogP contribution in [0.15, 0.2) is 18.2 Å². The summed E-state index contributed by atoms with van der Waals surface area (Å²) < 4.78 is 1.68. The molecule has 7 heteroatoms. The van der Waals surface area contributed by atoms with E-state index in [1.54, 1.807) is 22.9 Å². The first-order valence-electron chi connectivity index (χ1n) is 5.45. The molecule has 0 atom stereocenters. The fourth-order valence-electron chi connectivity index (χ4n) is 1.86. The Hall–Kier alpha value is -1.30. The lowest BCUT2D eigenvalue weighted by molar-refractivity contribution is 0.765. The largest absolute Gasteiger partial charge is 0.389 e. The molecule has 1 aromatic heterocycles. The first kappa shape index (κ1) is 14.1. The average molecular weight is 315 g/mol. The van der Waals surface area contributed by atoms with Crippen molar-refractivity contribution in [1.82, 2.24) is 9.78 Å². The molecule has 4 nitrogen and oxygen atoms in total. The smallest absolute Gasteiger partial charge is 0.138 e. The number of hydrogen-bond acceptors (Lipinski definition) is 3. The van der Waals surface area contributed by atoms with Crippen LogP contribution in [-0.2, 0) is 7.05 Å². The standard InChI is InChI=1S/C12H12Cl2N4S/c1-6-10(11(15)19)12(18(2)17-6)16-9-4-7(13)3-8(14)5-9/h3-5,16H,1-2H3,(H2,15,19). The molecule has 1 heterocycles. The SMILES string of the molecule is Cc1nn(C)c(Nc2cc(Cl)cc(Cl)c2)c1C(N)=S. The summed E-state index contributed by atoms with van der Waals surface area (Å²) in [4.78, 5) is 0.293. The van der Waals surface area contributed by atoms with Gasteiger partial charge in [0.1, 0.15) is 10.8 Å². The lowest BCUT2D eigenvalue weighted by Crippen LogP contribution is -2.12. The van der Waals surface area contributed by atoms with E-state index in [-0.39, 0.29) is 0 Å². The highest BCUT2D eigenvalue weighted by molar-refractivity contribution is 7.80. The lowest BCUT2D eigenvalue weighted by Gasteiger charge is -2.10. The van der Waals surface area contributed by atoms with Gasteiger partial charge in [0.25, 0.3) is 0 Å². The van der Waals surface area contributed by atoms with Crippen LogP contribution in [-0.4, -0.2) is 14.8 Å². The molecule has 0 fully saturated rings. The van der Waals surface area contributed by atoms with Crippen molar-refractivity contribution in [3.63, 3.8) is 0 Å². The summed E-state index contributed by atoms with van der Waals surface area (Å²) in [5, 5.41) is 8.58. The van der Waals surface area contributed by atoms with E-state index >= 15 is 0 Å². The van der Waals surface area contributed by atoms with Crippen LogP contribution in [0.25, 0.3) is 0 Å². The Labute approximate surface area is 126 Å². The second-order valence-electron chi connectivity index (χ2n) is 4.08. The number of nitrogens with one attached hydrogen (secondary N) is 1. The van der Waals surface area contributed by atoms with Crippen molar-refractivity contribution in [2.75, 3.05) is 5.32 Å². The van der Waals surface area contributed by atoms with Gasteiger partial charge < -0.3 is 11.1 Å². The van der Waals surface area contributed by atoms with E-state index in [1.165, 1.54) is 0 Å². The lowest BCUT2D eigenvalue weighted by atomic mass is 10.2. The molecule has 0 bridgehead atoms. The molecule has 2 rings (SSSR count). The van der Waals surface area contributed by atoms with Crippen molar-refractivity contribution in [1.29, 1.82) is 0 Å². The van der Waals surface area contributed by atoms with Crippen molar-refractivity contribution in [2.45, 2.75) is 6.92 Å². The average Bonchev–Trinajstić information content (AvgIpc) is 2.52. The molecule has 0 radical (unpaired) electrons. The first-order chi connectivity index (χ1) is 8.88. The van der Waals surface area contributed by atoms with Gasteiger partial charge in [-0.1, -0.05) is 35.4 Å². The maximum atomic E-state index is 5.97. The van der Waals surface area contributed by atoms with Gasteiger partial charge in [0, 0.05) is 22.8 Å². The number of aryl methyl sites for hydroxylation is 2. The van der Waals surface area contributed by atoms with Crippen LogP contribution >= 0.6 is 35.4 Å². The number of anilines is 2.